The summed E-state index contributed by atoms with van der Waals surface area (Å²) in [7, 11) is 0. The molecule has 0 spiro atoms. The SMILES string of the molecule is CSc1ncc(C(=O)N2CCCC2)c(N2CCCC(C(=O)O)C2)n1. The quantitative estimate of drug-likeness (QED) is 0.654. The van der Waals surface area contributed by atoms with Crippen molar-refractivity contribution in [3.05, 3.63) is 11.8 Å². The van der Waals surface area contributed by atoms with Crippen LogP contribution < -0.4 is 4.90 Å². The zero-order valence-electron chi connectivity index (χ0n) is 13.8. The summed E-state index contributed by atoms with van der Waals surface area (Å²) in [5.41, 5.74) is 0.487. The summed E-state index contributed by atoms with van der Waals surface area (Å²) in [5.74, 6) is -0.669. The van der Waals surface area contributed by atoms with Crippen molar-refractivity contribution in [3.63, 3.8) is 0 Å². The number of hydrogen-bond acceptors (Lipinski definition) is 6. The minimum absolute atomic E-state index is 0.0485. The van der Waals surface area contributed by atoms with E-state index in [1.165, 1.54) is 11.8 Å². The molecule has 3 heterocycles. The van der Waals surface area contributed by atoms with E-state index in [1.807, 2.05) is 16.1 Å². The second-order valence-corrected chi connectivity index (χ2v) is 6.99. The molecule has 2 fully saturated rings. The highest BCUT2D eigenvalue weighted by Crippen LogP contribution is 2.28. The van der Waals surface area contributed by atoms with Crippen LogP contribution in [0.4, 0.5) is 5.82 Å². The number of carbonyl (C=O) groups is 2. The zero-order chi connectivity index (χ0) is 17.1. The Balaban J connectivity index is 1.91. The maximum Gasteiger partial charge on any atom is 0.308 e. The van der Waals surface area contributed by atoms with Crippen molar-refractivity contribution in [1.82, 2.24) is 14.9 Å². The summed E-state index contributed by atoms with van der Waals surface area (Å²) >= 11 is 1.42. The average Bonchev–Trinajstić information content (AvgIpc) is 3.15. The van der Waals surface area contributed by atoms with Crippen molar-refractivity contribution in [2.75, 3.05) is 37.3 Å². The van der Waals surface area contributed by atoms with Gasteiger partial charge in [-0.25, -0.2) is 9.97 Å². The molecule has 7 nitrogen and oxygen atoms in total. The number of amides is 1. The van der Waals surface area contributed by atoms with Crippen molar-refractivity contribution >= 4 is 29.5 Å². The lowest BCUT2D eigenvalue weighted by Crippen LogP contribution is -2.40. The monoisotopic (exact) mass is 350 g/mol. The molecule has 24 heavy (non-hydrogen) atoms. The Morgan fingerprint density at radius 1 is 1.25 bits per heavy atom. The number of aromatic nitrogens is 2. The average molecular weight is 350 g/mol. The number of carbonyl (C=O) groups excluding carboxylic acids is 1. The van der Waals surface area contributed by atoms with Crippen molar-refractivity contribution in [2.45, 2.75) is 30.8 Å². The predicted molar refractivity (Wildman–Crippen MR) is 91.5 cm³/mol. The Morgan fingerprint density at radius 3 is 2.67 bits per heavy atom. The molecule has 1 N–H and O–H groups in total. The standard InChI is InChI=1S/C16H22N4O3S/c1-24-16-17-9-12(14(21)19-6-2-3-7-19)13(18-16)20-8-4-5-11(10-20)15(22)23/h9,11H,2-8,10H2,1H3,(H,22,23). The molecule has 2 aliphatic rings. The lowest BCUT2D eigenvalue weighted by Gasteiger charge is -2.33. The van der Waals surface area contributed by atoms with Crippen LogP contribution in [-0.4, -0.2) is 64.3 Å². The van der Waals surface area contributed by atoms with Gasteiger partial charge in [-0.2, -0.15) is 0 Å². The third-order valence-corrected chi connectivity index (χ3v) is 5.18. The molecule has 130 valence electrons. The van der Waals surface area contributed by atoms with Crippen molar-refractivity contribution in [3.8, 4) is 0 Å². The van der Waals surface area contributed by atoms with Crippen LogP contribution in [0.15, 0.2) is 11.4 Å². The molecule has 0 aliphatic carbocycles. The molecular formula is C16H22N4O3S. The molecule has 1 aromatic rings. The molecule has 0 bridgehead atoms. The van der Waals surface area contributed by atoms with E-state index in [0.29, 0.717) is 29.5 Å². The first kappa shape index (κ1) is 17.0. The topological polar surface area (TPSA) is 86.6 Å². The van der Waals surface area contributed by atoms with E-state index in [1.54, 1.807) is 6.20 Å². The predicted octanol–water partition coefficient (Wildman–Crippen LogP) is 1.74. The van der Waals surface area contributed by atoms with Crippen molar-refractivity contribution in [2.24, 2.45) is 5.92 Å². The van der Waals surface area contributed by atoms with Gasteiger partial charge in [-0.15, -0.1) is 0 Å². The van der Waals surface area contributed by atoms with Gasteiger partial charge in [0.05, 0.1) is 5.92 Å². The minimum atomic E-state index is -0.786. The van der Waals surface area contributed by atoms with E-state index in [-0.39, 0.29) is 5.91 Å². The van der Waals surface area contributed by atoms with Crippen molar-refractivity contribution in [1.29, 1.82) is 0 Å². The van der Waals surface area contributed by atoms with Gasteiger partial charge < -0.3 is 14.9 Å². The summed E-state index contributed by atoms with van der Waals surface area (Å²) in [4.78, 5) is 36.7. The number of carboxylic acid groups (broad SMARTS) is 1. The Morgan fingerprint density at radius 2 is 2.00 bits per heavy atom. The van der Waals surface area contributed by atoms with Gasteiger partial charge in [0, 0.05) is 32.4 Å². The summed E-state index contributed by atoms with van der Waals surface area (Å²) < 4.78 is 0. The van der Waals surface area contributed by atoms with Crippen LogP contribution in [0.5, 0.6) is 0 Å². The highest BCUT2D eigenvalue weighted by Gasteiger charge is 2.30. The van der Waals surface area contributed by atoms with Gasteiger partial charge in [0.15, 0.2) is 5.16 Å². The fourth-order valence-corrected chi connectivity index (χ4v) is 3.64. The third-order valence-electron chi connectivity index (χ3n) is 4.62. The molecule has 1 amide bonds. The second kappa shape index (κ2) is 7.38. The van der Waals surface area contributed by atoms with Crippen LogP contribution in [-0.2, 0) is 4.79 Å². The van der Waals surface area contributed by atoms with Crippen LogP contribution >= 0.6 is 11.8 Å². The largest absolute Gasteiger partial charge is 0.481 e. The minimum Gasteiger partial charge on any atom is -0.481 e. The lowest BCUT2D eigenvalue weighted by atomic mass is 9.98. The van der Waals surface area contributed by atoms with Crippen LogP contribution in [0.3, 0.4) is 0 Å². The number of piperidine rings is 1. The van der Waals surface area contributed by atoms with Gasteiger partial charge in [0.2, 0.25) is 0 Å². The van der Waals surface area contributed by atoms with E-state index in [4.69, 9.17) is 0 Å². The Bertz CT molecular complexity index is 634. The number of carboxylic acids is 1. The zero-order valence-corrected chi connectivity index (χ0v) is 14.6. The maximum atomic E-state index is 12.8. The van der Waals surface area contributed by atoms with E-state index in [9.17, 15) is 14.7 Å². The third kappa shape index (κ3) is 3.48. The Hall–Kier alpha value is -1.83. The lowest BCUT2D eigenvalue weighted by molar-refractivity contribution is -0.141. The maximum absolute atomic E-state index is 12.8. The number of aliphatic carboxylic acids is 1. The Kier molecular flexibility index (Phi) is 5.23. The number of thioether (sulfide) groups is 1. The van der Waals surface area contributed by atoms with E-state index in [2.05, 4.69) is 9.97 Å². The molecule has 2 saturated heterocycles. The van der Waals surface area contributed by atoms with Gasteiger partial charge >= 0.3 is 5.97 Å². The molecular weight excluding hydrogens is 328 g/mol. The summed E-state index contributed by atoms with van der Waals surface area (Å²) in [6.07, 6.45) is 6.98. The molecule has 8 heteroatoms. The molecule has 1 aromatic heterocycles. The van der Waals surface area contributed by atoms with Crippen LogP contribution in [0.2, 0.25) is 0 Å². The molecule has 0 radical (unpaired) electrons. The fraction of sp³-hybridized carbons (Fsp3) is 0.625. The molecule has 3 rings (SSSR count). The fourth-order valence-electron chi connectivity index (χ4n) is 3.31. The molecule has 0 aromatic carbocycles. The van der Waals surface area contributed by atoms with Crippen LogP contribution in [0.25, 0.3) is 0 Å². The van der Waals surface area contributed by atoms with E-state index in [0.717, 1.165) is 38.9 Å². The number of anilines is 1. The molecule has 1 unspecified atom stereocenters. The van der Waals surface area contributed by atoms with Gasteiger partial charge in [-0.3, -0.25) is 9.59 Å². The first-order chi connectivity index (χ1) is 11.6. The smallest absolute Gasteiger partial charge is 0.308 e. The number of hydrogen-bond donors (Lipinski definition) is 1. The van der Waals surface area contributed by atoms with Gasteiger partial charge in [0.25, 0.3) is 5.91 Å². The van der Waals surface area contributed by atoms with Crippen molar-refractivity contribution < 1.29 is 14.7 Å². The summed E-state index contributed by atoms with van der Waals surface area (Å²) in [6.45, 7) is 2.63. The highest BCUT2D eigenvalue weighted by molar-refractivity contribution is 7.98. The van der Waals surface area contributed by atoms with Crippen LogP contribution in [0.1, 0.15) is 36.0 Å². The molecule has 0 saturated carbocycles. The van der Waals surface area contributed by atoms with E-state index >= 15 is 0 Å². The van der Waals surface area contributed by atoms with Gasteiger partial charge in [-0.05, 0) is 31.9 Å². The first-order valence-electron chi connectivity index (χ1n) is 8.28. The molecule has 1 atom stereocenters. The normalized spacial score (nSPS) is 21.1. The second-order valence-electron chi connectivity index (χ2n) is 6.22. The summed E-state index contributed by atoms with van der Waals surface area (Å²) in [5, 5.41) is 9.91. The number of likely N-dealkylation sites (tertiary alicyclic amines) is 1. The summed E-state index contributed by atoms with van der Waals surface area (Å²) in [6, 6.07) is 0. The van der Waals surface area contributed by atoms with Crippen LogP contribution in [0, 0.1) is 5.92 Å². The number of nitrogens with zero attached hydrogens (tertiary/aromatic N) is 4. The highest BCUT2D eigenvalue weighted by atomic mass is 32.2. The molecule has 2 aliphatic heterocycles. The van der Waals surface area contributed by atoms with E-state index < -0.39 is 11.9 Å². The Labute approximate surface area is 145 Å². The first-order valence-corrected chi connectivity index (χ1v) is 9.50. The van der Waals surface area contributed by atoms with Gasteiger partial charge in [0.1, 0.15) is 11.4 Å². The van der Waals surface area contributed by atoms with Gasteiger partial charge in [-0.1, -0.05) is 11.8 Å². The number of rotatable bonds is 4.